The van der Waals surface area contributed by atoms with Gasteiger partial charge in [0, 0.05) is 31.6 Å². The van der Waals surface area contributed by atoms with Crippen molar-refractivity contribution in [2.45, 2.75) is 59.0 Å². The second-order valence-electron chi connectivity index (χ2n) is 8.32. The molecule has 1 aromatic carbocycles. The standard InChI is InChI=1S/C22H35N3O4.ClH/c1-5-28-19-14-17(15-23-11-7-13-25-12-6-8-21(25)27)9-10-18(19)29-16-20(26)24-22(2,3)4;/h9-10,14,23H,5-8,11-13,15-16H2,1-4H3,(H,24,26);1H. The molecule has 170 valence electrons. The van der Waals surface area contributed by atoms with E-state index in [4.69, 9.17) is 9.47 Å². The fraction of sp³-hybridized carbons (Fsp3) is 0.636. The van der Waals surface area contributed by atoms with Gasteiger partial charge < -0.3 is 25.0 Å². The van der Waals surface area contributed by atoms with Gasteiger partial charge in [-0.3, -0.25) is 9.59 Å². The van der Waals surface area contributed by atoms with Crippen molar-refractivity contribution in [1.29, 1.82) is 0 Å². The number of nitrogens with zero attached hydrogens (tertiary/aromatic N) is 1. The summed E-state index contributed by atoms with van der Waals surface area (Å²) in [6.45, 7) is 11.4. The van der Waals surface area contributed by atoms with Crippen LogP contribution >= 0.6 is 12.4 Å². The third kappa shape index (κ3) is 9.22. The highest BCUT2D eigenvalue weighted by atomic mass is 35.5. The van der Waals surface area contributed by atoms with Crippen molar-refractivity contribution in [1.82, 2.24) is 15.5 Å². The van der Waals surface area contributed by atoms with E-state index in [1.165, 1.54) is 0 Å². The zero-order valence-corrected chi connectivity index (χ0v) is 19.4. The Morgan fingerprint density at radius 1 is 1.20 bits per heavy atom. The molecular formula is C22H36ClN3O4. The van der Waals surface area contributed by atoms with Gasteiger partial charge in [0.05, 0.1) is 6.61 Å². The van der Waals surface area contributed by atoms with E-state index in [0.717, 1.165) is 38.0 Å². The maximum absolute atomic E-state index is 12.0. The molecule has 0 bridgehead atoms. The summed E-state index contributed by atoms with van der Waals surface area (Å²) < 4.78 is 11.4. The molecular weight excluding hydrogens is 406 g/mol. The van der Waals surface area contributed by atoms with Crippen molar-refractivity contribution in [3.8, 4) is 11.5 Å². The number of carbonyl (C=O) groups is 2. The van der Waals surface area contributed by atoms with Gasteiger partial charge in [0.15, 0.2) is 18.1 Å². The fourth-order valence-electron chi connectivity index (χ4n) is 3.22. The Morgan fingerprint density at radius 2 is 1.97 bits per heavy atom. The van der Waals surface area contributed by atoms with Crippen molar-refractivity contribution >= 4 is 24.2 Å². The van der Waals surface area contributed by atoms with Crippen LogP contribution in [-0.4, -0.2) is 55.1 Å². The van der Waals surface area contributed by atoms with Crippen molar-refractivity contribution in [3.63, 3.8) is 0 Å². The quantitative estimate of drug-likeness (QED) is 0.516. The third-order valence-electron chi connectivity index (χ3n) is 4.46. The summed E-state index contributed by atoms with van der Waals surface area (Å²) in [5.74, 6) is 1.31. The molecule has 30 heavy (non-hydrogen) atoms. The Labute approximate surface area is 186 Å². The van der Waals surface area contributed by atoms with E-state index in [2.05, 4.69) is 10.6 Å². The van der Waals surface area contributed by atoms with Crippen LogP contribution in [0, 0.1) is 0 Å². The first-order valence-electron chi connectivity index (χ1n) is 10.5. The highest BCUT2D eigenvalue weighted by Crippen LogP contribution is 2.28. The van der Waals surface area contributed by atoms with Crippen LogP contribution in [0.25, 0.3) is 0 Å². The Morgan fingerprint density at radius 3 is 2.60 bits per heavy atom. The number of hydrogen-bond acceptors (Lipinski definition) is 5. The van der Waals surface area contributed by atoms with Gasteiger partial charge in [-0.2, -0.15) is 0 Å². The van der Waals surface area contributed by atoms with Crippen LogP contribution in [0.5, 0.6) is 11.5 Å². The minimum Gasteiger partial charge on any atom is -0.490 e. The molecule has 0 spiro atoms. The van der Waals surface area contributed by atoms with E-state index in [1.54, 1.807) is 0 Å². The molecule has 1 aliphatic rings. The number of benzene rings is 1. The van der Waals surface area contributed by atoms with Crippen LogP contribution in [-0.2, 0) is 16.1 Å². The number of nitrogens with one attached hydrogen (secondary N) is 2. The molecule has 1 aliphatic heterocycles. The van der Waals surface area contributed by atoms with Crippen molar-refractivity contribution < 1.29 is 19.1 Å². The van der Waals surface area contributed by atoms with Gasteiger partial charge in [0.25, 0.3) is 5.91 Å². The monoisotopic (exact) mass is 441 g/mol. The highest BCUT2D eigenvalue weighted by molar-refractivity contribution is 5.85. The van der Waals surface area contributed by atoms with Crippen molar-refractivity contribution in [3.05, 3.63) is 23.8 Å². The molecule has 2 amide bonds. The summed E-state index contributed by atoms with van der Waals surface area (Å²) in [5.41, 5.74) is 0.790. The van der Waals surface area contributed by atoms with Crippen LogP contribution in [0.4, 0.5) is 0 Å². The summed E-state index contributed by atoms with van der Waals surface area (Å²) in [5, 5.41) is 6.28. The normalized spacial score (nSPS) is 13.7. The SMILES string of the molecule is CCOc1cc(CNCCCN2CCCC2=O)ccc1OCC(=O)NC(C)(C)C.Cl. The lowest BCUT2D eigenvalue weighted by Gasteiger charge is -2.21. The molecule has 1 fully saturated rings. The number of likely N-dealkylation sites (tertiary alicyclic amines) is 1. The van der Waals surface area contributed by atoms with Crippen LogP contribution in [0.1, 0.15) is 52.5 Å². The minimum absolute atomic E-state index is 0. The van der Waals surface area contributed by atoms with E-state index in [1.807, 2.05) is 50.8 Å². The molecule has 0 aromatic heterocycles. The highest BCUT2D eigenvalue weighted by Gasteiger charge is 2.19. The smallest absolute Gasteiger partial charge is 0.258 e. The van der Waals surface area contributed by atoms with Crippen LogP contribution < -0.4 is 20.1 Å². The summed E-state index contributed by atoms with van der Waals surface area (Å²) in [7, 11) is 0. The molecule has 0 aliphatic carbocycles. The third-order valence-corrected chi connectivity index (χ3v) is 4.46. The molecule has 1 heterocycles. The molecule has 2 rings (SSSR count). The van der Waals surface area contributed by atoms with Gasteiger partial charge in [-0.25, -0.2) is 0 Å². The number of carbonyl (C=O) groups excluding carboxylic acids is 2. The molecule has 8 heteroatoms. The minimum atomic E-state index is -0.291. The zero-order chi connectivity index (χ0) is 21.3. The van der Waals surface area contributed by atoms with E-state index in [9.17, 15) is 9.59 Å². The predicted octanol–water partition coefficient (Wildman–Crippen LogP) is 2.90. The van der Waals surface area contributed by atoms with Gasteiger partial charge in [-0.1, -0.05) is 6.07 Å². The molecule has 0 atom stereocenters. The van der Waals surface area contributed by atoms with Gasteiger partial charge in [0.1, 0.15) is 0 Å². The maximum Gasteiger partial charge on any atom is 0.258 e. The Bertz CT molecular complexity index is 691. The van der Waals surface area contributed by atoms with Gasteiger partial charge in [0.2, 0.25) is 5.91 Å². The van der Waals surface area contributed by atoms with Crippen LogP contribution in [0.3, 0.4) is 0 Å². The molecule has 1 saturated heterocycles. The number of ether oxygens (including phenoxy) is 2. The number of halogens is 1. The number of hydrogen-bond donors (Lipinski definition) is 2. The van der Waals surface area contributed by atoms with Crippen LogP contribution in [0.2, 0.25) is 0 Å². The molecule has 7 nitrogen and oxygen atoms in total. The van der Waals surface area contributed by atoms with Gasteiger partial charge in [-0.05, 0) is 64.8 Å². The van der Waals surface area contributed by atoms with Crippen molar-refractivity contribution in [2.24, 2.45) is 0 Å². The average Bonchev–Trinajstić information content (AvgIpc) is 3.04. The summed E-state index contributed by atoms with van der Waals surface area (Å²) in [6, 6.07) is 5.75. The number of rotatable bonds is 11. The lowest BCUT2D eigenvalue weighted by Crippen LogP contribution is -2.43. The maximum atomic E-state index is 12.0. The largest absolute Gasteiger partial charge is 0.490 e. The summed E-state index contributed by atoms with van der Waals surface area (Å²) in [4.78, 5) is 25.5. The van der Waals surface area contributed by atoms with Crippen LogP contribution in [0.15, 0.2) is 18.2 Å². The van der Waals surface area contributed by atoms with E-state index in [-0.39, 0.29) is 36.4 Å². The first-order chi connectivity index (χ1) is 13.8. The summed E-state index contributed by atoms with van der Waals surface area (Å²) >= 11 is 0. The summed E-state index contributed by atoms with van der Waals surface area (Å²) in [6.07, 6.45) is 2.62. The first kappa shape index (κ1) is 26.0. The lowest BCUT2D eigenvalue weighted by molar-refractivity contribution is -0.127. The van der Waals surface area contributed by atoms with E-state index in [0.29, 0.717) is 31.1 Å². The second-order valence-corrected chi connectivity index (χ2v) is 8.32. The van der Waals surface area contributed by atoms with Gasteiger partial charge in [-0.15, -0.1) is 12.4 Å². The molecule has 2 N–H and O–H groups in total. The predicted molar refractivity (Wildman–Crippen MR) is 120 cm³/mol. The average molecular weight is 442 g/mol. The van der Waals surface area contributed by atoms with Gasteiger partial charge >= 0.3 is 0 Å². The zero-order valence-electron chi connectivity index (χ0n) is 18.6. The van der Waals surface area contributed by atoms with E-state index >= 15 is 0 Å². The van der Waals surface area contributed by atoms with E-state index < -0.39 is 0 Å². The molecule has 0 radical (unpaired) electrons. The molecule has 0 unspecified atom stereocenters. The molecule has 1 aromatic rings. The topological polar surface area (TPSA) is 79.9 Å². The first-order valence-corrected chi connectivity index (χ1v) is 10.5. The van der Waals surface area contributed by atoms with Crippen molar-refractivity contribution in [2.75, 3.05) is 32.8 Å². The number of amides is 2. The fourth-order valence-corrected chi connectivity index (χ4v) is 3.22. The Kier molecular flexibility index (Phi) is 11.0. The Hall–Kier alpha value is -1.99. The Balaban J connectivity index is 0.00000450. The second kappa shape index (κ2) is 12.6. The lowest BCUT2D eigenvalue weighted by atomic mass is 10.1. The molecule has 0 saturated carbocycles.